The number of halogens is 4. The highest BCUT2D eigenvalue weighted by Crippen LogP contribution is 2.34. The molecule has 5 rings (SSSR count). The van der Waals surface area contributed by atoms with Crippen LogP contribution in [0.1, 0.15) is 21.6 Å². The number of para-hydroxylation sites is 1. The van der Waals surface area contributed by atoms with E-state index in [1.165, 1.54) is 6.20 Å². The second kappa shape index (κ2) is 10.5. The monoisotopic (exact) mass is 555 g/mol. The number of hydrogen-bond donors (Lipinski definition) is 2. The zero-order valence-electron chi connectivity index (χ0n) is 21.6. The van der Waals surface area contributed by atoms with Gasteiger partial charge in [-0.25, -0.2) is 14.2 Å². The number of alkyl halides is 3. The predicted octanol–water partition coefficient (Wildman–Crippen LogP) is 4.72. The molecule has 0 unspecified atom stereocenters. The van der Waals surface area contributed by atoms with E-state index in [9.17, 15) is 27.2 Å². The molecular formula is C27H25F4N7O2. The molecule has 3 amide bonds. The van der Waals surface area contributed by atoms with Crippen molar-refractivity contribution in [2.75, 3.05) is 41.3 Å². The highest BCUT2D eigenvalue weighted by molar-refractivity contribution is 6.13. The van der Waals surface area contributed by atoms with E-state index in [1.807, 2.05) is 35.2 Å². The lowest BCUT2D eigenvalue weighted by molar-refractivity contribution is -0.139. The van der Waals surface area contributed by atoms with E-state index < -0.39 is 29.5 Å². The third-order valence-electron chi connectivity index (χ3n) is 6.72. The quantitative estimate of drug-likeness (QED) is 0.354. The Morgan fingerprint density at radius 2 is 1.65 bits per heavy atom. The lowest BCUT2D eigenvalue weighted by atomic mass is 10.1. The van der Waals surface area contributed by atoms with E-state index in [0.717, 1.165) is 11.8 Å². The van der Waals surface area contributed by atoms with Crippen LogP contribution in [0.5, 0.6) is 0 Å². The Bertz CT molecular complexity index is 1580. The lowest BCUT2D eigenvalue weighted by Crippen LogP contribution is -2.47. The smallest absolute Gasteiger partial charge is 0.368 e. The van der Waals surface area contributed by atoms with Gasteiger partial charge in [-0.1, -0.05) is 18.2 Å². The summed E-state index contributed by atoms with van der Waals surface area (Å²) in [6.07, 6.45) is -3.60. The van der Waals surface area contributed by atoms with Crippen molar-refractivity contribution in [2.24, 2.45) is 7.05 Å². The lowest BCUT2D eigenvalue weighted by Gasteiger charge is -2.38. The number of imide groups is 1. The second-order valence-electron chi connectivity index (χ2n) is 9.34. The van der Waals surface area contributed by atoms with Crippen LogP contribution in [-0.2, 0) is 13.2 Å². The fourth-order valence-corrected chi connectivity index (χ4v) is 4.87. The van der Waals surface area contributed by atoms with E-state index >= 15 is 0 Å². The van der Waals surface area contributed by atoms with Gasteiger partial charge in [-0.15, -0.1) is 0 Å². The van der Waals surface area contributed by atoms with Crippen molar-refractivity contribution in [1.29, 1.82) is 0 Å². The maximum atomic E-state index is 13.6. The molecule has 3 heterocycles. The largest absolute Gasteiger partial charge is 0.419 e. The zero-order valence-corrected chi connectivity index (χ0v) is 21.6. The van der Waals surface area contributed by atoms with Crippen LogP contribution >= 0.6 is 0 Å². The van der Waals surface area contributed by atoms with Crippen LogP contribution in [0.15, 0.2) is 54.7 Å². The van der Waals surface area contributed by atoms with Gasteiger partial charge in [-0.2, -0.15) is 18.3 Å². The Morgan fingerprint density at radius 1 is 0.975 bits per heavy atom. The number of hydrogen-bond acceptors (Lipinski definition) is 6. The minimum Gasteiger partial charge on any atom is -0.368 e. The van der Waals surface area contributed by atoms with Gasteiger partial charge in [0, 0.05) is 50.8 Å². The number of carbonyl (C=O) groups excluding carboxylic acids is 2. The van der Waals surface area contributed by atoms with Crippen LogP contribution in [0.3, 0.4) is 0 Å². The molecule has 208 valence electrons. The van der Waals surface area contributed by atoms with Crippen LogP contribution in [0.25, 0.3) is 11.0 Å². The van der Waals surface area contributed by atoms with Gasteiger partial charge in [-0.05, 0) is 37.3 Å². The normalized spacial score (nSPS) is 13.9. The first-order chi connectivity index (χ1) is 19.0. The number of nitrogens with zero attached hydrogens (tertiary/aromatic N) is 5. The van der Waals surface area contributed by atoms with Crippen molar-refractivity contribution >= 4 is 40.0 Å². The summed E-state index contributed by atoms with van der Waals surface area (Å²) < 4.78 is 54.4. The molecule has 0 saturated carbocycles. The molecule has 9 nitrogen and oxygen atoms in total. The number of aryl methyl sites for hydroxylation is 2. The fourth-order valence-electron chi connectivity index (χ4n) is 4.87. The second-order valence-corrected chi connectivity index (χ2v) is 9.34. The van der Waals surface area contributed by atoms with Crippen LogP contribution in [0.4, 0.5) is 39.4 Å². The predicted molar refractivity (Wildman–Crippen MR) is 142 cm³/mol. The molecule has 2 aromatic carbocycles. The number of aromatic nitrogens is 3. The fraction of sp³-hybridized carbons (Fsp3) is 0.259. The van der Waals surface area contributed by atoms with Crippen molar-refractivity contribution in [2.45, 2.75) is 13.1 Å². The molecule has 1 saturated heterocycles. The Kier molecular flexibility index (Phi) is 7.04. The molecule has 1 fully saturated rings. The first-order valence-corrected chi connectivity index (χ1v) is 12.4. The molecule has 2 aromatic heterocycles. The maximum absolute atomic E-state index is 13.6. The first-order valence-electron chi connectivity index (χ1n) is 12.4. The summed E-state index contributed by atoms with van der Waals surface area (Å²) in [4.78, 5) is 34.6. The molecule has 2 N–H and O–H groups in total. The Hall–Kier alpha value is -4.68. The van der Waals surface area contributed by atoms with Crippen molar-refractivity contribution < 1.29 is 27.2 Å². The third-order valence-corrected chi connectivity index (χ3v) is 6.72. The highest BCUT2D eigenvalue weighted by Gasteiger charge is 2.34. The average Bonchev–Trinajstić information content (AvgIpc) is 3.22. The van der Waals surface area contributed by atoms with Crippen molar-refractivity contribution in [3.05, 3.63) is 77.4 Å². The SMILES string of the molecule is Cc1nn(C)c2ncc(C(=O)NC(=O)Nc3ccc(F)c(C(F)(F)F)c3)c(N3CCN(c4ccccc4)CC3)c12. The van der Waals surface area contributed by atoms with Gasteiger partial charge >= 0.3 is 12.2 Å². The average molecular weight is 556 g/mol. The molecule has 0 atom stereocenters. The summed E-state index contributed by atoms with van der Waals surface area (Å²) in [5.41, 5.74) is 1.12. The van der Waals surface area contributed by atoms with Crippen molar-refractivity contribution in [1.82, 2.24) is 20.1 Å². The van der Waals surface area contributed by atoms with E-state index in [0.29, 0.717) is 60.7 Å². The van der Waals surface area contributed by atoms with E-state index in [2.05, 4.69) is 25.6 Å². The van der Waals surface area contributed by atoms with Gasteiger partial charge in [0.15, 0.2) is 5.65 Å². The number of benzene rings is 2. The van der Waals surface area contributed by atoms with Gasteiger partial charge in [0.25, 0.3) is 5.91 Å². The molecule has 0 spiro atoms. The Balaban J connectivity index is 1.40. The molecule has 4 aromatic rings. The molecular weight excluding hydrogens is 530 g/mol. The number of pyridine rings is 1. The number of carbonyl (C=O) groups is 2. The van der Waals surface area contributed by atoms with Gasteiger partial charge in [-0.3, -0.25) is 14.8 Å². The minimum atomic E-state index is -4.95. The Labute approximate surface area is 226 Å². The third kappa shape index (κ3) is 5.26. The Morgan fingerprint density at radius 3 is 2.33 bits per heavy atom. The van der Waals surface area contributed by atoms with E-state index in [-0.39, 0.29) is 11.3 Å². The summed E-state index contributed by atoms with van der Waals surface area (Å²) in [6.45, 7) is 4.31. The van der Waals surface area contributed by atoms with Gasteiger partial charge in [0.2, 0.25) is 0 Å². The van der Waals surface area contributed by atoms with Crippen LogP contribution in [0, 0.1) is 12.7 Å². The van der Waals surface area contributed by atoms with Crippen molar-refractivity contribution in [3.8, 4) is 0 Å². The van der Waals surface area contributed by atoms with E-state index in [1.54, 1.807) is 18.7 Å². The number of rotatable bonds is 4. The molecule has 0 radical (unpaired) electrons. The van der Waals surface area contributed by atoms with E-state index in [4.69, 9.17) is 0 Å². The number of piperazine rings is 1. The number of urea groups is 1. The number of amides is 3. The summed E-state index contributed by atoms with van der Waals surface area (Å²) in [7, 11) is 1.74. The van der Waals surface area contributed by atoms with Gasteiger partial charge < -0.3 is 15.1 Å². The molecule has 0 bridgehead atoms. The maximum Gasteiger partial charge on any atom is 0.419 e. The number of nitrogens with one attached hydrogen (secondary N) is 2. The first kappa shape index (κ1) is 26.9. The summed E-state index contributed by atoms with van der Waals surface area (Å²) in [5, 5.41) is 9.43. The van der Waals surface area contributed by atoms with Crippen LogP contribution in [-0.4, -0.2) is 52.9 Å². The number of fused-ring (bicyclic) bond motifs is 1. The minimum absolute atomic E-state index is 0.113. The van der Waals surface area contributed by atoms with Crippen LogP contribution in [0.2, 0.25) is 0 Å². The highest BCUT2D eigenvalue weighted by atomic mass is 19.4. The summed E-state index contributed by atoms with van der Waals surface area (Å²) in [6, 6.07) is 10.9. The molecule has 1 aliphatic heterocycles. The summed E-state index contributed by atoms with van der Waals surface area (Å²) in [5.74, 6) is -2.27. The van der Waals surface area contributed by atoms with Gasteiger partial charge in [0.05, 0.1) is 27.9 Å². The van der Waals surface area contributed by atoms with Crippen LogP contribution < -0.4 is 20.4 Å². The van der Waals surface area contributed by atoms with Gasteiger partial charge in [0.1, 0.15) is 5.82 Å². The summed E-state index contributed by atoms with van der Waals surface area (Å²) >= 11 is 0. The zero-order chi connectivity index (χ0) is 28.6. The topological polar surface area (TPSA) is 95.4 Å². The number of anilines is 3. The molecule has 13 heteroatoms. The molecule has 1 aliphatic rings. The molecule has 0 aliphatic carbocycles. The van der Waals surface area contributed by atoms with Crippen molar-refractivity contribution in [3.63, 3.8) is 0 Å². The molecule has 40 heavy (non-hydrogen) atoms. The standard InChI is InChI=1S/C27H25F4N7O2/c1-16-22-23(38-12-10-37(11-13-38)18-6-4-3-5-7-18)19(15-32-24(22)36(2)35-16)25(39)34-26(40)33-17-8-9-21(28)20(14-17)27(29,30)31/h3-9,14-15H,10-13H2,1-2H3,(H2,33,34,39,40).